The third-order valence-electron chi connectivity index (χ3n) is 4.11. The van der Waals surface area contributed by atoms with Gasteiger partial charge in [0.05, 0.1) is 16.4 Å². The van der Waals surface area contributed by atoms with Crippen molar-refractivity contribution >= 4 is 58.2 Å². The summed E-state index contributed by atoms with van der Waals surface area (Å²) in [4.78, 5) is 49.0. The van der Waals surface area contributed by atoms with Crippen molar-refractivity contribution in [1.82, 2.24) is 5.32 Å². The van der Waals surface area contributed by atoms with E-state index in [1.165, 1.54) is 43.5 Å². The largest absolute Gasteiger partial charge is 0.508 e. The number of nitrogens with one attached hydrogen (secondary N) is 1. The highest BCUT2D eigenvalue weighted by Crippen LogP contribution is 2.35. The van der Waals surface area contributed by atoms with E-state index in [0.717, 1.165) is 4.90 Å². The van der Waals surface area contributed by atoms with Crippen molar-refractivity contribution in [2.45, 2.75) is 0 Å². The topological polar surface area (TPSA) is 142 Å². The molecule has 10 nitrogen and oxygen atoms in total. The molecule has 3 N–H and O–H groups in total. The van der Waals surface area contributed by atoms with E-state index in [9.17, 15) is 24.3 Å². The van der Waals surface area contributed by atoms with Crippen LogP contribution in [0, 0.1) is 3.57 Å². The molecule has 0 radical (unpaired) electrons. The number of hydrogen-bond acceptors (Lipinski definition) is 7. The Morgan fingerprint density at radius 1 is 1.19 bits per heavy atom. The fourth-order valence-corrected chi connectivity index (χ4v) is 3.54. The van der Waals surface area contributed by atoms with Crippen LogP contribution in [0.2, 0.25) is 0 Å². The molecule has 0 bridgehead atoms. The van der Waals surface area contributed by atoms with Crippen molar-refractivity contribution in [3.05, 3.63) is 51.1 Å². The summed E-state index contributed by atoms with van der Waals surface area (Å²) in [6.07, 6.45) is 1.28. The molecule has 0 aliphatic carbocycles. The Balaban J connectivity index is 1.99. The van der Waals surface area contributed by atoms with Gasteiger partial charge in [0.1, 0.15) is 11.3 Å². The van der Waals surface area contributed by atoms with Gasteiger partial charge in [-0.05, 0) is 70.6 Å². The molecule has 4 amide bonds. The fraction of sp³-hybridized carbons (Fsp3) is 0.100. The number of phenols is 1. The molecule has 2 aromatic rings. The number of nitrogens with zero attached hydrogens (tertiary/aromatic N) is 1. The van der Waals surface area contributed by atoms with E-state index >= 15 is 0 Å². The normalized spacial score (nSPS) is 15.1. The van der Waals surface area contributed by atoms with Crippen LogP contribution in [-0.2, 0) is 14.4 Å². The van der Waals surface area contributed by atoms with Crippen LogP contribution in [0.15, 0.2) is 42.0 Å². The fourth-order valence-electron chi connectivity index (χ4n) is 2.76. The zero-order valence-electron chi connectivity index (χ0n) is 15.9. The van der Waals surface area contributed by atoms with Gasteiger partial charge >= 0.3 is 12.0 Å². The number of anilines is 1. The van der Waals surface area contributed by atoms with Crippen LogP contribution < -0.4 is 19.7 Å². The van der Waals surface area contributed by atoms with Crippen LogP contribution in [0.5, 0.6) is 17.2 Å². The van der Waals surface area contributed by atoms with Gasteiger partial charge in [-0.1, -0.05) is 0 Å². The van der Waals surface area contributed by atoms with Gasteiger partial charge in [0.15, 0.2) is 18.1 Å². The predicted octanol–water partition coefficient (Wildman–Crippen LogP) is 2.14. The Kier molecular flexibility index (Phi) is 6.44. The van der Waals surface area contributed by atoms with Crippen LogP contribution in [0.25, 0.3) is 6.08 Å². The molecule has 3 rings (SSSR count). The average Bonchev–Trinajstić information content (AvgIpc) is 2.71. The number of imide groups is 2. The van der Waals surface area contributed by atoms with Crippen LogP contribution in [0.1, 0.15) is 5.56 Å². The molecule has 11 heteroatoms. The van der Waals surface area contributed by atoms with Crippen molar-refractivity contribution in [3.8, 4) is 17.2 Å². The minimum absolute atomic E-state index is 0.0488. The molecule has 160 valence electrons. The second-order valence-electron chi connectivity index (χ2n) is 6.19. The lowest BCUT2D eigenvalue weighted by molar-refractivity contribution is -0.139. The molecule has 1 aliphatic heterocycles. The highest BCUT2D eigenvalue weighted by Gasteiger charge is 2.36. The van der Waals surface area contributed by atoms with Gasteiger partial charge in [0, 0.05) is 0 Å². The smallest absolute Gasteiger partial charge is 0.341 e. The van der Waals surface area contributed by atoms with Crippen molar-refractivity contribution in [1.29, 1.82) is 0 Å². The maximum absolute atomic E-state index is 12.9. The quantitative estimate of drug-likeness (QED) is 0.289. The van der Waals surface area contributed by atoms with Crippen LogP contribution in [0.3, 0.4) is 0 Å². The number of carboxylic acids is 1. The molecule has 0 saturated carbocycles. The maximum atomic E-state index is 12.9. The number of carboxylic acid groups (broad SMARTS) is 1. The van der Waals surface area contributed by atoms with Crippen molar-refractivity contribution in [2.24, 2.45) is 0 Å². The first kappa shape index (κ1) is 22.1. The zero-order chi connectivity index (χ0) is 22.7. The average molecular weight is 538 g/mol. The lowest BCUT2D eigenvalue weighted by Crippen LogP contribution is -2.54. The Morgan fingerprint density at radius 2 is 1.87 bits per heavy atom. The number of barbiturate groups is 1. The lowest BCUT2D eigenvalue weighted by Gasteiger charge is -2.26. The first-order valence-corrected chi connectivity index (χ1v) is 9.71. The Bertz CT molecular complexity index is 1110. The molecule has 0 aromatic heterocycles. The van der Waals surface area contributed by atoms with E-state index < -0.39 is 30.4 Å². The first-order valence-electron chi connectivity index (χ1n) is 8.64. The van der Waals surface area contributed by atoms with Gasteiger partial charge < -0.3 is 19.7 Å². The molecule has 1 saturated heterocycles. The SMILES string of the molecule is COc1cc(/C=C2\C(=O)NC(=O)N(c3ccc(O)cc3)C2=O)cc(I)c1OCC(=O)O. The first-order chi connectivity index (χ1) is 14.7. The monoisotopic (exact) mass is 538 g/mol. The number of carbonyl (C=O) groups excluding carboxylic acids is 3. The number of methoxy groups -OCH3 is 1. The predicted molar refractivity (Wildman–Crippen MR) is 116 cm³/mol. The number of benzene rings is 2. The number of hydrogen-bond donors (Lipinski definition) is 3. The molecule has 1 fully saturated rings. The third kappa shape index (κ3) is 4.77. The second kappa shape index (κ2) is 9.04. The van der Waals surface area contributed by atoms with Gasteiger partial charge in [-0.15, -0.1) is 0 Å². The standard InChI is InChI=1S/C20H15IN2O8/c1-30-15-8-10(7-14(21)17(15)31-9-16(25)26)6-13-18(27)22-20(29)23(19(13)28)11-2-4-12(24)5-3-11/h2-8,24H,9H2,1H3,(H,25,26)(H,22,27,29)/b13-6+. The van der Waals surface area contributed by atoms with Gasteiger partial charge in [0.25, 0.3) is 11.8 Å². The lowest BCUT2D eigenvalue weighted by atomic mass is 10.1. The van der Waals surface area contributed by atoms with Crippen LogP contribution >= 0.6 is 22.6 Å². The van der Waals surface area contributed by atoms with E-state index in [-0.39, 0.29) is 28.5 Å². The highest BCUT2D eigenvalue weighted by molar-refractivity contribution is 14.1. The van der Waals surface area contributed by atoms with E-state index in [1.807, 2.05) is 22.6 Å². The number of halogens is 1. The third-order valence-corrected chi connectivity index (χ3v) is 4.91. The van der Waals surface area contributed by atoms with Crippen LogP contribution in [0.4, 0.5) is 10.5 Å². The number of rotatable bonds is 6. The Hall–Kier alpha value is -3.61. The number of amides is 4. The summed E-state index contributed by atoms with van der Waals surface area (Å²) in [5.41, 5.74) is 0.260. The number of aliphatic carboxylic acids is 1. The molecule has 0 atom stereocenters. The van der Waals surface area contributed by atoms with E-state index in [0.29, 0.717) is 9.13 Å². The van der Waals surface area contributed by atoms with Crippen molar-refractivity contribution < 1.29 is 38.9 Å². The van der Waals surface area contributed by atoms with Gasteiger partial charge in [-0.25, -0.2) is 14.5 Å². The van der Waals surface area contributed by atoms with Crippen LogP contribution in [-0.4, -0.2) is 47.7 Å². The summed E-state index contributed by atoms with van der Waals surface area (Å²) in [5, 5.41) is 20.3. The molecular weight excluding hydrogens is 523 g/mol. The van der Waals surface area contributed by atoms with Crippen molar-refractivity contribution in [2.75, 3.05) is 18.6 Å². The highest BCUT2D eigenvalue weighted by atomic mass is 127. The molecule has 0 unspecified atom stereocenters. The number of ether oxygens (including phenoxy) is 2. The second-order valence-corrected chi connectivity index (χ2v) is 7.35. The summed E-state index contributed by atoms with van der Waals surface area (Å²) in [5.74, 6) is -2.52. The Morgan fingerprint density at radius 3 is 2.48 bits per heavy atom. The number of aromatic hydroxyl groups is 1. The van der Waals surface area contributed by atoms with Gasteiger partial charge in [-0.2, -0.15) is 0 Å². The number of carbonyl (C=O) groups is 4. The molecule has 0 spiro atoms. The molecule has 31 heavy (non-hydrogen) atoms. The van der Waals surface area contributed by atoms with E-state index in [1.54, 1.807) is 6.07 Å². The summed E-state index contributed by atoms with van der Waals surface area (Å²) in [6.45, 7) is -0.572. The zero-order valence-corrected chi connectivity index (χ0v) is 18.1. The Labute approximate surface area is 189 Å². The maximum Gasteiger partial charge on any atom is 0.341 e. The van der Waals surface area contributed by atoms with E-state index in [4.69, 9.17) is 14.6 Å². The van der Waals surface area contributed by atoms with Gasteiger partial charge in [0.2, 0.25) is 0 Å². The summed E-state index contributed by atoms with van der Waals surface area (Å²) < 4.78 is 11.0. The summed E-state index contributed by atoms with van der Waals surface area (Å²) >= 11 is 1.91. The van der Waals surface area contributed by atoms with Gasteiger partial charge in [-0.3, -0.25) is 14.9 Å². The number of urea groups is 1. The summed E-state index contributed by atoms with van der Waals surface area (Å²) in [7, 11) is 1.36. The minimum Gasteiger partial charge on any atom is -0.508 e. The molecule has 1 aliphatic rings. The molecular formula is C20H15IN2O8. The number of phenolic OH excluding ortho intramolecular Hbond substituents is 1. The summed E-state index contributed by atoms with van der Waals surface area (Å²) in [6, 6.07) is 7.45. The van der Waals surface area contributed by atoms with E-state index in [2.05, 4.69) is 5.32 Å². The molecule has 1 heterocycles. The minimum atomic E-state index is -1.16. The molecule has 2 aromatic carbocycles. The van der Waals surface area contributed by atoms with Crippen molar-refractivity contribution in [3.63, 3.8) is 0 Å².